The molecule has 0 spiro atoms. The maximum absolute atomic E-state index is 12.1. The fourth-order valence-electron chi connectivity index (χ4n) is 14.0. The molecule has 8 aliphatic carbocycles. The van der Waals surface area contributed by atoms with E-state index in [4.69, 9.17) is 0 Å². The number of nitrogens with zero attached hydrogens (tertiary/aromatic N) is 1. The van der Waals surface area contributed by atoms with Gasteiger partial charge in [-0.15, -0.1) is 0 Å². The molecule has 0 aliphatic heterocycles. The largest absolute Gasteiger partial charge is 0.411 e. The minimum Gasteiger partial charge on any atom is -0.411 e. The SMILES string of the molecule is C/C(=N\O)C1=CCC2C3CC=C4C[C@@H](C)CC[C@]4(C)C3CC[C@]12C.CC(=O)C1=CCC2C3CC=C4C[C@@H](C)CC[C@]4(C)C3CC[C@]12C. The van der Waals surface area contributed by atoms with Crippen LogP contribution in [0.4, 0.5) is 0 Å². The number of rotatable bonds is 2. The van der Waals surface area contributed by atoms with Crippen molar-refractivity contribution >= 4 is 11.5 Å². The molecule has 0 saturated heterocycles. The summed E-state index contributed by atoms with van der Waals surface area (Å²) in [4.78, 5) is 12.1. The molecular weight excluding hydrogens is 574 g/mol. The van der Waals surface area contributed by atoms with Crippen LogP contribution in [0.2, 0.25) is 0 Å². The third kappa shape index (κ3) is 5.08. The van der Waals surface area contributed by atoms with Crippen molar-refractivity contribution in [2.75, 3.05) is 0 Å². The van der Waals surface area contributed by atoms with Gasteiger partial charge in [-0.3, -0.25) is 4.79 Å². The summed E-state index contributed by atoms with van der Waals surface area (Å²) in [6.45, 7) is 18.6. The first kappa shape index (κ1) is 33.6. The van der Waals surface area contributed by atoms with Crippen LogP contribution in [0, 0.1) is 69.0 Å². The van der Waals surface area contributed by atoms with E-state index in [1.807, 2.05) is 6.92 Å². The Balaban J connectivity index is 0.000000150. The molecule has 6 unspecified atom stereocenters. The fourth-order valence-corrected chi connectivity index (χ4v) is 14.0. The molecule has 0 bridgehead atoms. The summed E-state index contributed by atoms with van der Waals surface area (Å²) in [6.07, 6.45) is 28.2. The van der Waals surface area contributed by atoms with Gasteiger partial charge in [-0.05, 0) is 184 Å². The van der Waals surface area contributed by atoms with E-state index < -0.39 is 0 Å². The quantitative estimate of drug-likeness (QED) is 0.141. The zero-order valence-electron chi connectivity index (χ0n) is 31.1. The highest BCUT2D eigenvalue weighted by Crippen LogP contribution is 2.67. The van der Waals surface area contributed by atoms with Crippen molar-refractivity contribution in [3.8, 4) is 0 Å². The zero-order valence-corrected chi connectivity index (χ0v) is 31.1. The molecule has 8 aliphatic rings. The third-order valence-corrected chi connectivity index (χ3v) is 16.8. The van der Waals surface area contributed by atoms with Crippen LogP contribution in [0.3, 0.4) is 0 Å². The maximum atomic E-state index is 12.1. The first-order valence-electron chi connectivity index (χ1n) is 19.8. The Hall–Kier alpha value is -1.90. The zero-order chi connectivity index (χ0) is 33.5. The van der Waals surface area contributed by atoms with E-state index in [1.54, 1.807) is 18.1 Å². The normalized spacial score (nSPS) is 48.4. The van der Waals surface area contributed by atoms with E-state index in [-0.39, 0.29) is 10.8 Å². The molecule has 0 radical (unpaired) electrons. The Morgan fingerprint density at radius 2 is 1.04 bits per heavy atom. The monoisotopic (exact) mass is 640 g/mol. The Bertz CT molecular complexity index is 1440. The minimum atomic E-state index is 0.163. The van der Waals surface area contributed by atoms with Gasteiger partial charge < -0.3 is 5.21 Å². The average molecular weight is 640 g/mol. The lowest BCUT2D eigenvalue weighted by Crippen LogP contribution is -2.49. The van der Waals surface area contributed by atoms with Crippen LogP contribution in [0.15, 0.2) is 51.8 Å². The minimum absolute atomic E-state index is 0.163. The van der Waals surface area contributed by atoms with E-state index in [1.165, 1.54) is 89.0 Å². The second-order valence-electron chi connectivity index (χ2n) is 19.1. The molecule has 8 rings (SSSR count). The summed E-state index contributed by atoms with van der Waals surface area (Å²) in [7, 11) is 0. The number of allylic oxidation sites excluding steroid dienone is 8. The molecule has 1 N–H and O–H groups in total. The topological polar surface area (TPSA) is 49.7 Å². The average Bonchev–Trinajstić information content (AvgIpc) is 3.58. The maximum Gasteiger partial charge on any atom is 0.156 e. The van der Waals surface area contributed by atoms with E-state index in [9.17, 15) is 10.0 Å². The smallest absolute Gasteiger partial charge is 0.156 e. The molecule has 0 aromatic heterocycles. The van der Waals surface area contributed by atoms with E-state index >= 15 is 0 Å². The Morgan fingerprint density at radius 3 is 1.49 bits per heavy atom. The predicted molar refractivity (Wildman–Crippen MR) is 194 cm³/mol. The van der Waals surface area contributed by atoms with Gasteiger partial charge >= 0.3 is 0 Å². The summed E-state index contributed by atoms with van der Waals surface area (Å²) >= 11 is 0. The van der Waals surface area contributed by atoms with Crippen molar-refractivity contribution in [3.63, 3.8) is 0 Å². The number of carbonyl (C=O) groups is 1. The van der Waals surface area contributed by atoms with Crippen molar-refractivity contribution in [1.29, 1.82) is 0 Å². The van der Waals surface area contributed by atoms with Gasteiger partial charge in [-0.2, -0.15) is 0 Å². The second kappa shape index (κ2) is 11.9. The van der Waals surface area contributed by atoms with Gasteiger partial charge in [0.1, 0.15) is 0 Å². The van der Waals surface area contributed by atoms with Crippen LogP contribution >= 0.6 is 0 Å². The van der Waals surface area contributed by atoms with Crippen molar-refractivity contribution < 1.29 is 10.0 Å². The van der Waals surface area contributed by atoms with Crippen LogP contribution in [0.1, 0.15) is 145 Å². The summed E-state index contributed by atoms with van der Waals surface area (Å²) in [5, 5.41) is 12.8. The summed E-state index contributed by atoms with van der Waals surface area (Å²) in [5.74, 6) is 6.82. The molecule has 0 aromatic rings. The summed E-state index contributed by atoms with van der Waals surface area (Å²) in [5.41, 5.74) is 8.17. The number of oxime groups is 1. The van der Waals surface area contributed by atoms with Gasteiger partial charge in [0.2, 0.25) is 0 Å². The third-order valence-electron chi connectivity index (χ3n) is 16.8. The first-order valence-corrected chi connectivity index (χ1v) is 19.8. The van der Waals surface area contributed by atoms with E-state index in [0.717, 1.165) is 59.1 Å². The molecule has 0 aromatic carbocycles. The van der Waals surface area contributed by atoms with Crippen LogP contribution < -0.4 is 0 Å². The van der Waals surface area contributed by atoms with Crippen LogP contribution in [-0.4, -0.2) is 16.7 Å². The van der Waals surface area contributed by atoms with Crippen molar-refractivity contribution in [1.82, 2.24) is 0 Å². The van der Waals surface area contributed by atoms with Gasteiger partial charge in [-0.1, -0.05) is 82.1 Å². The number of ketones is 1. The highest BCUT2D eigenvalue weighted by molar-refractivity contribution is 5.99. The molecule has 0 heterocycles. The van der Waals surface area contributed by atoms with E-state index in [2.05, 4.69) is 71.0 Å². The standard InChI is InChI=1S/C22H33NO.C22H32O/c1-14-9-11-21(3)16(13-14)5-6-17-19-8-7-18(15(2)23-24)22(19,4)12-10-20(17)21;1-14-9-11-21(3)16(13-14)5-6-17-19-8-7-18(15(2)23)22(19,4)12-10-20(17)21/h5,7,14,17,19-20,24H,6,8-13H2,1-4H3;5,7,14,17,19-20H,6,8-13H2,1-4H3/b23-15+;/t2*14-,17?,19?,20?,21-,22+/m00/s1. The van der Waals surface area contributed by atoms with Crippen molar-refractivity contribution in [2.45, 2.75) is 145 Å². The van der Waals surface area contributed by atoms with Crippen LogP contribution in [0.25, 0.3) is 0 Å². The second-order valence-corrected chi connectivity index (χ2v) is 19.1. The molecule has 12 atom stereocenters. The molecule has 0 amide bonds. The molecule has 4 fully saturated rings. The van der Waals surface area contributed by atoms with Crippen LogP contribution in [-0.2, 0) is 4.79 Å². The number of Topliss-reactive ketones (excluding diaryl/α,β-unsaturated/α-hetero) is 1. The van der Waals surface area contributed by atoms with Gasteiger partial charge in [0, 0.05) is 0 Å². The van der Waals surface area contributed by atoms with Gasteiger partial charge in [-0.25, -0.2) is 0 Å². The number of hydrogen-bond donors (Lipinski definition) is 1. The first-order chi connectivity index (χ1) is 22.3. The Kier molecular flexibility index (Phi) is 8.48. The van der Waals surface area contributed by atoms with Gasteiger partial charge in [0.05, 0.1) is 5.71 Å². The summed E-state index contributed by atoms with van der Waals surface area (Å²) < 4.78 is 0. The number of hydrogen-bond acceptors (Lipinski definition) is 3. The van der Waals surface area contributed by atoms with Gasteiger partial charge in [0.25, 0.3) is 0 Å². The lowest BCUT2D eigenvalue weighted by molar-refractivity contribution is -0.115. The molecule has 3 heteroatoms. The van der Waals surface area contributed by atoms with Gasteiger partial charge in [0.15, 0.2) is 5.78 Å². The van der Waals surface area contributed by atoms with E-state index in [0.29, 0.717) is 22.5 Å². The fraction of sp³-hybridized carbons (Fsp3) is 0.773. The highest BCUT2D eigenvalue weighted by atomic mass is 16.4. The van der Waals surface area contributed by atoms with Crippen LogP contribution in [0.5, 0.6) is 0 Å². The lowest BCUT2D eigenvalue weighted by Gasteiger charge is -2.57. The summed E-state index contributed by atoms with van der Waals surface area (Å²) in [6, 6.07) is 0. The molecular formula is C44H65NO2. The molecule has 4 saturated carbocycles. The van der Waals surface area contributed by atoms with Crippen molar-refractivity contribution in [2.24, 2.45) is 74.2 Å². The predicted octanol–water partition coefficient (Wildman–Crippen LogP) is 11.7. The number of carbonyl (C=O) groups excluding carboxylic acids is 1. The molecule has 47 heavy (non-hydrogen) atoms. The Morgan fingerprint density at radius 1 is 0.617 bits per heavy atom. The van der Waals surface area contributed by atoms with Crippen molar-refractivity contribution in [3.05, 3.63) is 46.6 Å². The molecule has 258 valence electrons. The molecule has 3 nitrogen and oxygen atoms in total. The Labute approximate surface area is 286 Å². The number of fused-ring (bicyclic) bond motifs is 10. The lowest BCUT2D eigenvalue weighted by atomic mass is 9.47. The highest BCUT2D eigenvalue weighted by Gasteiger charge is 2.58.